The van der Waals surface area contributed by atoms with Crippen molar-refractivity contribution in [2.75, 3.05) is 13.1 Å². The molecule has 2 aromatic rings. The molecule has 0 atom stereocenters. The Morgan fingerprint density at radius 2 is 1.54 bits per heavy atom. The normalized spacial score (nSPS) is 11.0. The second-order valence-corrected chi connectivity index (χ2v) is 5.49. The molecular formula is C18H17F3N2O3. The molecule has 0 radical (unpaired) electrons. The molecule has 5 nitrogen and oxygen atoms in total. The summed E-state index contributed by atoms with van der Waals surface area (Å²) in [6.07, 6.45) is -4.47. The van der Waals surface area contributed by atoms with Crippen LogP contribution in [0.25, 0.3) is 0 Å². The number of nitrogens with one attached hydrogen (secondary N) is 2. The molecule has 2 rings (SSSR count). The monoisotopic (exact) mass is 366 g/mol. The Bertz CT molecular complexity index is 774. The first-order valence-corrected chi connectivity index (χ1v) is 7.76. The van der Waals surface area contributed by atoms with Crippen LogP contribution < -0.4 is 10.6 Å². The Kier molecular flexibility index (Phi) is 6.21. The molecule has 0 saturated heterocycles. The van der Waals surface area contributed by atoms with Crippen molar-refractivity contribution in [3.63, 3.8) is 0 Å². The van der Waals surface area contributed by atoms with E-state index in [1.165, 1.54) is 24.3 Å². The fraction of sp³-hybridized carbons (Fsp3) is 0.222. The number of carbonyl (C=O) groups is 2. The summed E-state index contributed by atoms with van der Waals surface area (Å²) in [4.78, 5) is 23.6. The van der Waals surface area contributed by atoms with E-state index in [0.717, 1.165) is 12.1 Å². The van der Waals surface area contributed by atoms with Crippen molar-refractivity contribution in [1.29, 1.82) is 0 Å². The number of hydrogen-bond donors (Lipinski definition) is 3. The van der Waals surface area contributed by atoms with Gasteiger partial charge in [0.15, 0.2) is 0 Å². The van der Waals surface area contributed by atoms with Gasteiger partial charge >= 0.3 is 6.18 Å². The lowest BCUT2D eigenvalue weighted by Crippen LogP contribution is -2.35. The Morgan fingerprint density at radius 3 is 2.15 bits per heavy atom. The molecule has 2 aromatic carbocycles. The highest BCUT2D eigenvalue weighted by molar-refractivity contribution is 5.96. The van der Waals surface area contributed by atoms with Crippen molar-refractivity contribution < 1.29 is 27.9 Å². The van der Waals surface area contributed by atoms with Gasteiger partial charge in [0.05, 0.1) is 17.5 Å². The first-order valence-electron chi connectivity index (χ1n) is 7.76. The van der Waals surface area contributed by atoms with E-state index < -0.39 is 17.6 Å². The third-order valence-electron chi connectivity index (χ3n) is 3.53. The lowest BCUT2D eigenvalue weighted by Gasteiger charge is -2.09. The minimum absolute atomic E-state index is 0.0639. The van der Waals surface area contributed by atoms with Crippen molar-refractivity contribution in [3.05, 3.63) is 65.2 Å². The molecule has 138 valence electrons. The molecule has 0 aliphatic heterocycles. The van der Waals surface area contributed by atoms with Gasteiger partial charge in [0.2, 0.25) is 5.91 Å². The molecule has 26 heavy (non-hydrogen) atoms. The highest BCUT2D eigenvalue weighted by atomic mass is 19.4. The predicted molar refractivity (Wildman–Crippen MR) is 88.6 cm³/mol. The number of aromatic hydroxyl groups is 1. The van der Waals surface area contributed by atoms with Crippen LogP contribution in [0.2, 0.25) is 0 Å². The molecule has 8 heteroatoms. The van der Waals surface area contributed by atoms with E-state index in [-0.39, 0.29) is 36.7 Å². The summed E-state index contributed by atoms with van der Waals surface area (Å²) in [7, 11) is 0. The van der Waals surface area contributed by atoms with E-state index in [0.29, 0.717) is 5.56 Å². The molecule has 2 amide bonds. The minimum atomic E-state index is -4.41. The quantitative estimate of drug-likeness (QED) is 0.688. The predicted octanol–water partition coefficient (Wildman–Crippen LogP) is 2.50. The largest absolute Gasteiger partial charge is 0.507 e. The highest BCUT2D eigenvalue weighted by Crippen LogP contribution is 2.29. The number of amides is 2. The van der Waals surface area contributed by atoms with E-state index in [9.17, 15) is 27.9 Å². The van der Waals surface area contributed by atoms with Gasteiger partial charge in [0.25, 0.3) is 5.91 Å². The maximum Gasteiger partial charge on any atom is 0.416 e. The number of para-hydroxylation sites is 1. The molecule has 0 unspecified atom stereocenters. The molecule has 0 aromatic heterocycles. The Balaban J connectivity index is 1.74. The van der Waals surface area contributed by atoms with Gasteiger partial charge < -0.3 is 15.7 Å². The van der Waals surface area contributed by atoms with Crippen molar-refractivity contribution in [3.8, 4) is 5.75 Å². The highest BCUT2D eigenvalue weighted by Gasteiger charge is 2.29. The Morgan fingerprint density at radius 1 is 0.923 bits per heavy atom. The zero-order chi connectivity index (χ0) is 19.2. The SMILES string of the molecule is O=C(Cc1ccc(C(F)(F)F)cc1)NCCNC(=O)c1ccccc1O. The minimum Gasteiger partial charge on any atom is -0.507 e. The van der Waals surface area contributed by atoms with E-state index in [1.807, 2.05) is 0 Å². The third-order valence-corrected chi connectivity index (χ3v) is 3.53. The molecular weight excluding hydrogens is 349 g/mol. The maximum absolute atomic E-state index is 12.5. The summed E-state index contributed by atoms with van der Waals surface area (Å²) in [6.45, 7) is 0.296. The molecule has 0 spiro atoms. The van der Waals surface area contributed by atoms with Crippen LogP contribution in [0.1, 0.15) is 21.5 Å². The van der Waals surface area contributed by atoms with E-state index in [1.54, 1.807) is 12.1 Å². The molecule has 0 aliphatic carbocycles. The summed E-state index contributed by atoms with van der Waals surface area (Å²) < 4.78 is 37.4. The number of phenols is 1. The van der Waals surface area contributed by atoms with Crippen LogP contribution in [0.3, 0.4) is 0 Å². The average molecular weight is 366 g/mol. The van der Waals surface area contributed by atoms with Gasteiger partial charge in [-0.15, -0.1) is 0 Å². The summed E-state index contributed by atoms with van der Waals surface area (Å²) in [5.41, 5.74) is -0.189. The standard InChI is InChI=1S/C18H17F3N2O3/c19-18(20,21)13-7-5-12(6-8-13)11-16(25)22-9-10-23-17(26)14-3-1-2-4-15(14)24/h1-8,24H,9-11H2,(H,22,25)(H,23,26). The van der Waals surface area contributed by atoms with Crippen molar-refractivity contribution >= 4 is 11.8 Å². The van der Waals surface area contributed by atoms with Gasteiger partial charge in [-0.05, 0) is 29.8 Å². The third kappa shape index (κ3) is 5.51. The number of benzene rings is 2. The van der Waals surface area contributed by atoms with Crippen molar-refractivity contribution in [2.45, 2.75) is 12.6 Å². The second-order valence-electron chi connectivity index (χ2n) is 5.49. The number of carbonyl (C=O) groups excluding carboxylic acids is 2. The fourth-order valence-electron chi connectivity index (χ4n) is 2.20. The summed E-state index contributed by atoms with van der Waals surface area (Å²) in [5, 5.41) is 14.7. The van der Waals surface area contributed by atoms with Gasteiger partial charge in [-0.1, -0.05) is 24.3 Å². The van der Waals surface area contributed by atoms with E-state index >= 15 is 0 Å². The fourth-order valence-corrected chi connectivity index (χ4v) is 2.20. The summed E-state index contributed by atoms with van der Waals surface area (Å²) in [6, 6.07) is 10.4. The lowest BCUT2D eigenvalue weighted by molar-refractivity contribution is -0.137. The number of rotatable bonds is 6. The lowest BCUT2D eigenvalue weighted by atomic mass is 10.1. The Hall–Kier alpha value is -3.03. The molecule has 3 N–H and O–H groups in total. The molecule has 0 heterocycles. The maximum atomic E-state index is 12.5. The van der Waals surface area contributed by atoms with Crippen LogP contribution in [-0.4, -0.2) is 30.0 Å². The molecule has 0 bridgehead atoms. The summed E-state index contributed by atoms with van der Waals surface area (Å²) >= 11 is 0. The van der Waals surface area contributed by atoms with Crippen LogP contribution in [0.5, 0.6) is 5.75 Å². The van der Waals surface area contributed by atoms with E-state index in [4.69, 9.17) is 0 Å². The first-order chi connectivity index (χ1) is 12.3. The van der Waals surface area contributed by atoms with Crippen LogP contribution >= 0.6 is 0 Å². The average Bonchev–Trinajstić information content (AvgIpc) is 2.58. The number of hydrogen-bond acceptors (Lipinski definition) is 3. The van der Waals surface area contributed by atoms with Crippen LogP contribution in [-0.2, 0) is 17.4 Å². The van der Waals surface area contributed by atoms with Crippen LogP contribution in [0.15, 0.2) is 48.5 Å². The molecule has 0 saturated carbocycles. The second kappa shape index (κ2) is 8.37. The van der Waals surface area contributed by atoms with Gasteiger partial charge in [-0.25, -0.2) is 0 Å². The van der Waals surface area contributed by atoms with Gasteiger partial charge in [0, 0.05) is 13.1 Å². The Labute approximate surface area is 147 Å². The topological polar surface area (TPSA) is 78.4 Å². The zero-order valence-electron chi connectivity index (χ0n) is 13.6. The first kappa shape index (κ1) is 19.3. The number of alkyl halides is 3. The molecule has 0 fully saturated rings. The van der Waals surface area contributed by atoms with Crippen molar-refractivity contribution in [1.82, 2.24) is 10.6 Å². The van der Waals surface area contributed by atoms with Gasteiger partial charge in [-0.2, -0.15) is 13.2 Å². The smallest absolute Gasteiger partial charge is 0.416 e. The number of phenolic OH excluding ortho intramolecular Hbond substituents is 1. The van der Waals surface area contributed by atoms with Crippen LogP contribution in [0.4, 0.5) is 13.2 Å². The zero-order valence-corrected chi connectivity index (χ0v) is 13.6. The van der Waals surface area contributed by atoms with Crippen LogP contribution in [0, 0.1) is 0 Å². The molecule has 0 aliphatic rings. The van der Waals surface area contributed by atoms with Gasteiger partial charge in [0.1, 0.15) is 5.75 Å². The van der Waals surface area contributed by atoms with E-state index in [2.05, 4.69) is 10.6 Å². The van der Waals surface area contributed by atoms with Gasteiger partial charge in [-0.3, -0.25) is 9.59 Å². The summed E-state index contributed by atoms with van der Waals surface area (Å²) in [5.74, 6) is -0.988. The van der Waals surface area contributed by atoms with Crippen molar-refractivity contribution in [2.24, 2.45) is 0 Å². The number of halogens is 3.